The van der Waals surface area contributed by atoms with E-state index >= 15 is 0 Å². The molecule has 0 saturated carbocycles. The van der Waals surface area contributed by atoms with Crippen molar-refractivity contribution >= 4 is 15.6 Å². The Hall–Kier alpha value is -0.580. The van der Waals surface area contributed by atoms with Crippen LogP contribution in [-0.4, -0.2) is 39.6 Å². The Bertz CT molecular complexity index is 257. The molecule has 0 atom stereocenters. The molecule has 1 aliphatic rings. The molecule has 1 aliphatic heterocycles. The van der Waals surface area contributed by atoms with Crippen LogP contribution >= 0.6 is 0 Å². The van der Waals surface area contributed by atoms with Gasteiger partial charge in [-0.3, -0.25) is 9.57 Å². The lowest BCUT2D eigenvalue weighted by Crippen LogP contribution is -2.43. The number of nitrogens with zero attached hydrogens (tertiary/aromatic N) is 1. The van der Waals surface area contributed by atoms with Crippen molar-refractivity contribution in [3.05, 3.63) is 0 Å². The molecular formula is C7H14N2O2S. The fourth-order valence-electron chi connectivity index (χ4n) is 1.20. The molecule has 1 saturated heterocycles. The second kappa shape index (κ2) is 3.43. The molecule has 0 unspecified atom stereocenters. The highest BCUT2D eigenvalue weighted by Crippen LogP contribution is 2.05. The molecule has 1 amide bonds. The lowest BCUT2D eigenvalue weighted by Gasteiger charge is -2.27. The molecule has 0 aromatic heterocycles. The third-order valence-corrected chi connectivity index (χ3v) is 3.72. The van der Waals surface area contributed by atoms with Gasteiger partial charge in [-0.2, -0.15) is 0 Å². The van der Waals surface area contributed by atoms with Crippen molar-refractivity contribution in [3.8, 4) is 0 Å². The average Bonchev–Trinajstić information content (AvgIpc) is 2.03. The zero-order chi connectivity index (χ0) is 9.19. The Morgan fingerprint density at radius 3 is 2.42 bits per heavy atom. The first kappa shape index (κ1) is 9.51. The van der Waals surface area contributed by atoms with E-state index in [2.05, 4.69) is 0 Å². The van der Waals surface area contributed by atoms with E-state index in [0.29, 0.717) is 31.0 Å². The highest BCUT2D eigenvalue weighted by molar-refractivity contribution is 7.92. The van der Waals surface area contributed by atoms with E-state index in [0.717, 1.165) is 0 Å². The molecule has 5 heteroatoms. The number of rotatable bonds is 1. The number of amides is 1. The molecule has 1 N–H and O–H groups in total. The highest BCUT2D eigenvalue weighted by Gasteiger charge is 2.21. The number of hydrogen-bond donors (Lipinski definition) is 1. The molecule has 0 bridgehead atoms. The number of hydrogen-bond acceptors (Lipinski definition) is 3. The fraction of sp³-hybridized carbons (Fsp3) is 0.857. The SMILES string of the molecule is CCC(=O)N1CCS(=N)(=O)CC1. The smallest absolute Gasteiger partial charge is 0.222 e. The van der Waals surface area contributed by atoms with E-state index in [1.165, 1.54) is 0 Å². The van der Waals surface area contributed by atoms with Crippen molar-refractivity contribution in [2.45, 2.75) is 13.3 Å². The molecule has 1 rings (SSSR count). The molecule has 70 valence electrons. The zero-order valence-corrected chi connectivity index (χ0v) is 8.02. The normalized spacial score (nSPS) is 22.2. The van der Waals surface area contributed by atoms with E-state index < -0.39 is 9.73 Å². The summed E-state index contributed by atoms with van der Waals surface area (Å²) in [6.45, 7) is 2.80. The molecule has 12 heavy (non-hydrogen) atoms. The Labute approximate surface area is 72.9 Å². The first-order valence-corrected chi connectivity index (χ1v) is 5.97. The van der Waals surface area contributed by atoms with Crippen LogP contribution in [0.4, 0.5) is 0 Å². The summed E-state index contributed by atoms with van der Waals surface area (Å²) in [5.41, 5.74) is 0. The van der Waals surface area contributed by atoms with Crippen LogP contribution in [-0.2, 0) is 14.5 Å². The summed E-state index contributed by atoms with van der Waals surface area (Å²) in [6.07, 6.45) is 0.499. The van der Waals surface area contributed by atoms with Crippen LogP contribution in [0, 0.1) is 4.78 Å². The topological polar surface area (TPSA) is 61.2 Å². The van der Waals surface area contributed by atoms with Gasteiger partial charge in [0.25, 0.3) is 0 Å². The van der Waals surface area contributed by atoms with Crippen LogP contribution in [0.5, 0.6) is 0 Å². The first-order chi connectivity index (χ1) is 5.55. The second-order valence-corrected chi connectivity index (χ2v) is 5.39. The van der Waals surface area contributed by atoms with Crippen LogP contribution in [0.25, 0.3) is 0 Å². The van der Waals surface area contributed by atoms with Gasteiger partial charge in [-0.05, 0) is 0 Å². The maximum atomic E-state index is 11.2. The van der Waals surface area contributed by atoms with Gasteiger partial charge in [-0.15, -0.1) is 0 Å². The van der Waals surface area contributed by atoms with Gasteiger partial charge in [-0.1, -0.05) is 6.92 Å². The van der Waals surface area contributed by atoms with Gasteiger partial charge in [0.15, 0.2) is 0 Å². The second-order valence-electron chi connectivity index (χ2n) is 2.95. The van der Waals surface area contributed by atoms with Crippen LogP contribution in [0.1, 0.15) is 13.3 Å². The van der Waals surface area contributed by atoms with Crippen molar-refractivity contribution < 1.29 is 9.00 Å². The lowest BCUT2D eigenvalue weighted by atomic mass is 10.4. The summed E-state index contributed by atoms with van der Waals surface area (Å²) in [7, 11) is -2.35. The average molecular weight is 190 g/mol. The Kier molecular flexibility index (Phi) is 2.72. The van der Waals surface area contributed by atoms with Crippen molar-refractivity contribution in [2.75, 3.05) is 24.6 Å². The number of nitrogens with one attached hydrogen (secondary N) is 1. The van der Waals surface area contributed by atoms with Gasteiger partial charge in [0.1, 0.15) is 0 Å². The summed E-state index contributed by atoms with van der Waals surface area (Å²) in [4.78, 5) is 12.8. The standard InChI is InChI=1S/C7H14N2O2S/c1-2-7(10)9-3-5-12(8,11)6-4-9/h8H,2-6H2,1H3. The number of carbonyl (C=O) groups is 1. The van der Waals surface area contributed by atoms with Gasteiger partial charge >= 0.3 is 0 Å². The quantitative estimate of drug-likeness (QED) is 0.646. The summed E-state index contributed by atoms with van der Waals surface area (Å²) in [6, 6.07) is 0. The van der Waals surface area contributed by atoms with Crippen molar-refractivity contribution in [2.24, 2.45) is 0 Å². The van der Waals surface area contributed by atoms with E-state index in [-0.39, 0.29) is 5.91 Å². The van der Waals surface area contributed by atoms with E-state index in [9.17, 15) is 9.00 Å². The van der Waals surface area contributed by atoms with E-state index in [4.69, 9.17) is 4.78 Å². The largest absolute Gasteiger partial charge is 0.341 e. The zero-order valence-electron chi connectivity index (χ0n) is 7.21. The van der Waals surface area contributed by atoms with Crippen LogP contribution in [0.3, 0.4) is 0 Å². The summed E-state index contributed by atoms with van der Waals surface area (Å²) in [5.74, 6) is 0.794. The maximum absolute atomic E-state index is 11.2. The minimum absolute atomic E-state index is 0.102. The molecule has 0 spiro atoms. The molecule has 0 aromatic rings. The third kappa shape index (κ3) is 2.20. The van der Waals surface area contributed by atoms with E-state index in [1.807, 2.05) is 6.92 Å². The Morgan fingerprint density at radius 2 is 2.00 bits per heavy atom. The molecule has 0 aromatic carbocycles. The predicted octanol–water partition coefficient (Wildman–Crippen LogP) is 0.285. The summed E-state index contributed by atoms with van der Waals surface area (Å²) in [5, 5.41) is 0. The first-order valence-electron chi connectivity index (χ1n) is 4.07. The third-order valence-electron chi connectivity index (χ3n) is 2.04. The van der Waals surface area contributed by atoms with Gasteiger partial charge in [0.05, 0.1) is 0 Å². The summed E-state index contributed by atoms with van der Waals surface area (Å²) >= 11 is 0. The summed E-state index contributed by atoms with van der Waals surface area (Å²) < 4.78 is 18.5. The minimum atomic E-state index is -2.35. The molecule has 0 aliphatic carbocycles. The van der Waals surface area contributed by atoms with Gasteiger partial charge < -0.3 is 4.90 Å². The monoisotopic (exact) mass is 190 g/mol. The highest BCUT2D eigenvalue weighted by atomic mass is 32.2. The fourth-order valence-corrected chi connectivity index (χ4v) is 2.44. The van der Waals surface area contributed by atoms with Crippen molar-refractivity contribution in [1.82, 2.24) is 4.90 Å². The number of carbonyl (C=O) groups excluding carboxylic acids is 1. The maximum Gasteiger partial charge on any atom is 0.222 e. The lowest BCUT2D eigenvalue weighted by molar-refractivity contribution is -0.130. The Morgan fingerprint density at radius 1 is 1.50 bits per heavy atom. The van der Waals surface area contributed by atoms with Crippen LogP contribution < -0.4 is 0 Å². The molecule has 1 fully saturated rings. The van der Waals surface area contributed by atoms with Gasteiger partial charge in [0, 0.05) is 40.7 Å². The predicted molar refractivity (Wildman–Crippen MR) is 47.5 cm³/mol. The van der Waals surface area contributed by atoms with Crippen LogP contribution in [0.15, 0.2) is 0 Å². The van der Waals surface area contributed by atoms with Crippen LogP contribution in [0.2, 0.25) is 0 Å². The Balaban J connectivity index is 2.52. The van der Waals surface area contributed by atoms with Gasteiger partial charge in [0.2, 0.25) is 5.91 Å². The van der Waals surface area contributed by atoms with Crippen molar-refractivity contribution in [3.63, 3.8) is 0 Å². The van der Waals surface area contributed by atoms with Crippen molar-refractivity contribution in [1.29, 1.82) is 4.78 Å². The van der Waals surface area contributed by atoms with Gasteiger partial charge in [-0.25, -0.2) is 4.21 Å². The molecule has 4 nitrogen and oxygen atoms in total. The van der Waals surface area contributed by atoms with E-state index in [1.54, 1.807) is 4.90 Å². The molecule has 1 heterocycles. The minimum Gasteiger partial charge on any atom is -0.341 e. The molecule has 0 radical (unpaired) electrons. The molecular weight excluding hydrogens is 176 g/mol.